The Hall–Kier alpha value is -2.47. The van der Waals surface area contributed by atoms with Gasteiger partial charge < -0.3 is 0 Å². The van der Waals surface area contributed by atoms with E-state index in [4.69, 9.17) is 0 Å². The second-order valence-corrected chi connectivity index (χ2v) is 7.04. The molecule has 6 heteroatoms. The average Bonchev–Trinajstić information content (AvgIpc) is 3.14. The molecular formula is C19H18N4OS. The molecule has 0 spiro atoms. The Kier molecular flexibility index (Phi) is 4.61. The SMILES string of the molecule is O=c1nc(SCc2cccnc2)c2c(n1Cc1cccnc1)CCC2. The monoisotopic (exact) mass is 350 g/mol. The van der Waals surface area contributed by atoms with Gasteiger partial charge in [-0.25, -0.2) is 4.79 Å². The molecule has 126 valence electrons. The van der Waals surface area contributed by atoms with Gasteiger partial charge in [-0.15, -0.1) is 11.8 Å². The van der Waals surface area contributed by atoms with Gasteiger partial charge in [0.05, 0.1) is 6.54 Å². The molecule has 1 aliphatic carbocycles. The number of nitrogens with zero attached hydrogens (tertiary/aromatic N) is 4. The third-order valence-corrected chi connectivity index (χ3v) is 5.45. The maximum absolute atomic E-state index is 12.6. The van der Waals surface area contributed by atoms with Crippen molar-refractivity contribution in [3.63, 3.8) is 0 Å². The highest BCUT2D eigenvalue weighted by Crippen LogP contribution is 2.31. The molecule has 0 N–H and O–H groups in total. The fraction of sp³-hybridized carbons (Fsp3) is 0.263. The molecule has 0 saturated heterocycles. The molecule has 5 nitrogen and oxygen atoms in total. The highest BCUT2D eigenvalue weighted by Gasteiger charge is 2.22. The smallest absolute Gasteiger partial charge is 0.291 e. The lowest BCUT2D eigenvalue weighted by Crippen LogP contribution is -2.27. The summed E-state index contributed by atoms with van der Waals surface area (Å²) in [7, 11) is 0. The van der Waals surface area contributed by atoms with Gasteiger partial charge in [-0.1, -0.05) is 12.1 Å². The molecule has 25 heavy (non-hydrogen) atoms. The number of rotatable bonds is 5. The molecule has 1 aliphatic rings. The lowest BCUT2D eigenvalue weighted by molar-refractivity contribution is 0.665. The minimum atomic E-state index is -0.168. The van der Waals surface area contributed by atoms with Gasteiger partial charge in [0, 0.05) is 41.8 Å². The molecule has 0 atom stereocenters. The first kappa shape index (κ1) is 16.0. The highest BCUT2D eigenvalue weighted by atomic mass is 32.2. The maximum atomic E-state index is 12.6. The number of aromatic nitrogens is 4. The molecular weight excluding hydrogens is 332 g/mol. The molecule has 4 rings (SSSR count). The maximum Gasteiger partial charge on any atom is 0.349 e. The largest absolute Gasteiger partial charge is 0.349 e. The fourth-order valence-corrected chi connectivity index (χ4v) is 4.19. The van der Waals surface area contributed by atoms with Gasteiger partial charge in [0.1, 0.15) is 5.03 Å². The fourth-order valence-electron chi connectivity index (χ4n) is 3.18. The number of hydrogen-bond donors (Lipinski definition) is 0. The summed E-state index contributed by atoms with van der Waals surface area (Å²) in [5, 5.41) is 0.879. The van der Waals surface area contributed by atoms with E-state index in [1.807, 2.05) is 35.0 Å². The number of fused-ring (bicyclic) bond motifs is 1. The molecule has 0 bridgehead atoms. The molecule has 3 aromatic rings. The molecule has 0 unspecified atom stereocenters. The third kappa shape index (κ3) is 3.49. The Morgan fingerprint density at radius 2 is 1.80 bits per heavy atom. The van der Waals surface area contributed by atoms with Crippen LogP contribution in [0.3, 0.4) is 0 Å². The Bertz CT molecular complexity index is 925. The summed E-state index contributed by atoms with van der Waals surface area (Å²) in [5.74, 6) is 0.777. The first-order chi connectivity index (χ1) is 12.3. The quantitative estimate of drug-likeness (QED) is 0.523. The van der Waals surface area contributed by atoms with E-state index in [0.29, 0.717) is 6.54 Å². The first-order valence-corrected chi connectivity index (χ1v) is 9.33. The van der Waals surface area contributed by atoms with E-state index in [9.17, 15) is 4.79 Å². The summed E-state index contributed by atoms with van der Waals surface area (Å²) in [6.07, 6.45) is 10.2. The predicted molar refractivity (Wildman–Crippen MR) is 97.7 cm³/mol. The summed E-state index contributed by atoms with van der Waals surface area (Å²) in [6.45, 7) is 0.537. The van der Waals surface area contributed by atoms with E-state index in [2.05, 4.69) is 15.0 Å². The summed E-state index contributed by atoms with van der Waals surface area (Å²) in [5.41, 5.74) is 4.37. The Labute approximate surface area is 150 Å². The van der Waals surface area contributed by atoms with Crippen LogP contribution in [0.2, 0.25) is 0 Å². The Morgan fingerprint density at radius 3 is 2.52 bits per heavy atom. The normalized spacial score (nSPS) is 13.0. The van der Waals surface area contributed by atoms with Crippen molar-refractivity contribution < 1.29 is 0 Å². The van der Waals surface area contributed by atoms with E-state index < -0.39 is 0 Å². The minimum absolute atomic E-state index is 0.168. The van der Waals surface area contributed by atoms with Crippen LogP contribution in [-0.2, 0) is 25.1 Å². The van der Waals surface area contributed by atoms with Gasteiger partial charge in [0.2, 0.25) is 0 Å². The summed E-state index contributed by atoms with van der Waals surface area (Å²) in [4.78, 5) is 25.3. The molecule has 0 saturated carbocycles. The summed E-state index contributed by atoms with van der Waals surface area (Å²) < 4.78 is 1.81. The van der Waals surface area contributed by atoms with Gasteiger partial charge >= 0.3 is 5.69 Å². The second kappa shape index (κ2) is 7.19. The van der Waals surface area contributed by atoms with Crippen LogP contribution in [0.15, 0.2) is 58.9 Å². The van der Waals surface area contributed by atoms with Gasteiger partial charge in [-0.3, -0.25) is 14.5 Å². The number of thioether (sulfide) groups is 1. The highest BCUT2D eigenvalue weighted by molar-refractivity contribution is 7.98. The minimum Gasteiger partial charge on any atom is -0.291 e. The van der Waals surface area contributed by atoms with Crippen molar-refractivity contribution in [2.45, 2.75) is 36.6 Å². The second-order valence-electron chi connectivity index (χ2n) is 6.08. The third-order valence-electron chi connectivity index (χ3n) is 4.36. The molecule has 3 heterocycles. The zero-order chi connectivity index (χ0) is 17.1. The van der Waals surface area contributed by atoms with E-state index in [0.717, 1.165) is 46.9 Å². The van der Waals surface area contributed by atoms with Crippen LogP contribution in [0.25, 0.3) is 0 Å². The van der Waals surface area contributed by atoms with Gasteiger partial charge in [-0.05, 0) is 42.5 Å². The number of pyridine rings is 2. The van der Waals surface area contributed by atoms with E-state index in [1.54, 1.807) is 30.4 Å². The predicted octanol–water partition coefficient (Wildman–Crippen LogP) is 2.86. The van der Waals surface area contributed by atoms with Crippen LogP contribution in [0.5, 0.6) is 0 Å². The van der Waals surface area contributed by atoms with Crippen LogP contribution in [0.4, 0.5) is 0 Å². The van der Waals surface area contributed by atoms with Crippen LogP contribution < -0.4 is 5.69 Å². The molecule has 0 aromatic carbocycles. The van der Waals surface area contributed by atoms with Crippen molar-refractivity contribution in [1.29, 1.82) is 0 Å². The zero-order valence-corrected chi connectivity index (χ0v) is 14.6. The standard InChI is InChI=1S/C19H18N4OS/c24-19-22-18(25-13-15-5-3-9-21-11-15)16-6-1-7-17(16)23(19)12-14-4-2-8-20-10-14/h2-5,8-11H,1,6-7,12-13H2. The molecule has 0 aliphatic heterocycles. The molecule has 0 amide bonds. The van der Waals surface area contributed by atoms with Gasteiger partial charge in [0.25, 0.3) is 0 Å². The van der Waals surface area contributed by atoms with Gasteiger partial charge in [0.15, 0.2) is 0 Å². The van der Waals surface area contributed by atoms with Crippen LogP contribution in [-0.4, -0.2) is 19.5 Å². The van der Waals surface area contributed by atoms with Crippen molar-refractivity contribution in [1.82, 2.24) is 19.5 Å². The summed E-state index contributed by atoms with van der Waals surface area (Å²) in [6, 6.07) is 7.86. The zero-order valence-electron chi connectivity index (χ0n) is 13.8. The number of hydrogen-bond acceptors (Lipinski definition) is 5. The van der Waals surface area contributed by atoms with Gasteiger partial charge in [-0.2, -0.15) is 4.98 Å². The van der Waals surface area contributed by atoms with E-state index >= 15 is 0 Å². The summed E-state index contributed by atoms with van der Waals surface area (Å²) >= 11 is 1.63. The van der Waals surface area contributed by atoms with E-state index in [-0.39, 0.29) is 5.69 Å². The topological polar surface area (TPSA) is 60.7 Å². The molecule has 0 fully saturated rings. The van der Waals surface area contributed by atoms with Crippen LogP contribution in [0.1, 0.15) is 28.8 Å². The van der Waals surface area contributed by atoms with Crippen LogP contribution in [0, 0.1) is 0 Å². The van der Waals surface area contributed by atoms with Crippen LogP contribution >= 0.6 is 11.8 Å². The van der Waals surface area contributed by atoms with Crippen molar-refractivity contribution >= 4 is 11.8 Å². The molecule has 3 aromatic heterocycles. The Balaban J connectivity index is 1.63. The lowest BCUT2D eigenvalue weighted by atomic mass is 10.2. The van der Waals surface area contributed by atoms with Crippen molar-refractivity contribution in [3.8, 4) is 0 Å². The van der Waals surface area contributed by atoms with Crippen molar-refractivity contribution in [2.24, 2.45) is 0 Å². The Morgan fingerprint density at radius 1 is 1.04 bits per heavy atom. The first-order valence-electron chi connectivity index (χ1n) is 8.34. The van der Waals surface area contributed by atoms with E-state index in [1.165, 1.54) is 5.56 Å². The van der Waals surface area contributed by atoms with Crippen molar-refractivity contribution in [3.05, 3.63) is 81.9 Å². The average molecular weight is 350 g/mol. The van der Waals surface area contributed by atoms with Crippen molar-refractivity contribution in [2.75, 3.05) is 0 Å². The molecule has 0 radical (unpaired) electrons. The lowest BCUT2D eigenvalue weighted by Gasteiger charge is -2.14.